The normalized spacial score (nSPS) is 9.09. The standard InChI is InChI=1S/C9H10NO/c11-8-4-7-10-9-5-2-1-3-6-9/h2-3,5-6,8,10H,4,7H2. The van der Waals surface area contributed by atoms with Crippen LogP contribution in [-0.2, 0) is 4.79 Å². The zero-order chi connectivity index (χ0) is 7.94. The third-order valence-electron chi connectivity index (χ3n) is 1.31. The van der Waals surface area contributed by atoms with E-state index in [0.29, 0.717) is 13.0 Å². The molecule has 2 nitrogen and oxygen atoms in total. The summed E-state index contributed by atoms with van der Waals surface area (Å²) in [6.45, 7) is 0.702. The van der Waals surface area contributed by atoms with Gasteiger partial charge in [0.05, 0.1) is 0 Å². The third kappa shape index (κ3) is 2.85. The number of anilines is 1. The molecule has 1 rings (SSSR count). The van der Waals surface area contributed by atoms with Crippen molar-refractivity contribution in [3.8, 4) is 0 Å². The van der Waals surface area contributed by atoms with Gasteiger partial charge in [-0.3, -0.25) is 0 Å². The number of aldehydes is 1. The Kier molecular flexibility index (Phi) is 3.19. The van der Waals surface area contributed by atoms with E-state index in [1.807, 2.05) is 24.3 Å². The van der Waals surface area contributed by atoms with Crippen molar-refractivity contribution in [2.45, 2.75) is 6.42 Å². The Balaban J connectivity index is 2.33. The summed E-state index contributed by atoms with van der Waals surface area (Å²) in [5.74, 6) is 0. The van der Waals surface area contributed by atoms with E-state index in [1.165, 1.54) is 0 Å². The molecule has 0 aliphatic rings. The maximum atomic E-state index is 9.95. The molecule has 0 aromatic heterocycles. The molecule has 1 aromatic carbocycles. The summed E-state index contributed by atoms with van der Waals surface area (Å²) in [5, 5.41) is 3.09. The van der Waals surface area contributed by atoms with E-state index in [4.69, 9.17) is 0 Å². The maximum Gasteiger partial charge on any atom is 0.121 e. The van der Waals surface area contributed by atoms with Crippen LogP contribution in [0.15, 0.2) is 24.3 Å². The van der Waals surface area contributed by atoms with Gasteiger partial charge in [0, 0.05) is 18.7 Å². The molecule has 0 saturated heterocycles. The zero-order valence-electron chi connectivity index (χ0n) is 6.21. The molecule has 0 heterocycles. The Morgan fingerprint density at radius 1 is 1.45 bits per heavy atom. The minimum atomic E-state index is 0.554. The average molecular weight is 148 g/mol. The molecule has 1 radical (unpaired) electrons. The third-order valence-corrected chi connectivity index (χ3v) is 1.31. The van der Waals surface area contributed by atoms with Gasteiger partial charge in [0.2, 0.25) is 0 Å². The highest BCUT2D eigenvalue weighted by atomic mass is 16.1. The van der Waals surface area contributed by atoms with Crippen LogP contribution in [0.25, 0.3) is 0 Å². The van der Waals surface area contributed by atoms with Gasteiger partial charge in [-0.05, 0) is 18.2 Å². The molecule has 0 unspecified atom stereocenters. The number of hydrogen-bond acceptors (Lipinski definition) is 2. The SMILES string of the molecule is O=CCCNc1cc[c]cc1. The molecule has 0 aliphatic carbocycles. The molecular weight excluding hydrogens is 138 g/mol. The molecule has 57 valence electrons. The molecule has 11 heavy (non-hydrogen) atoms. The average Bonchev–Trinajstić information content (AvgIpc) is 2.07. The van der Waals surface area contributed by atoms with E-state index in [-0.39, 0.29) is 0 Å². The first-order valence-corrected chi connectivity index (χ1v) is 3.57. The largest absolute Gasteiger partial charge is 0.385 e. The van der Waals surface area contributed by atoms with E-state index in [2.05, 4.69) is 11.4 Å². The lowest BCUT2D eigenvalue weighted by atomic mass is 10.3. The van der Waals surface area contributed by atoms with Crippen molar-refractivity contribution in [2.75, 3.05) is 11.9 Å². The minimum absolute atomic E-state index is 0.554. The van der Waals surface area contributed by atoms with Crippen LogP contribution in [-0.4, -0.2) is 12.8 Å². The molecule has 2 heteroatoms. The van der Waals surface area contributed by atoms with Crippen LogP contribution in [0.2, 0.25) is 0 Å². The van der Waals surface area contributed by atoms with E-state index in [1.54, 1.807) is 0 Å². The summed E-state index contributed by atoms with van der Waals surface area (Å²) in [5.41, 5.74) is 1.03. The summed E-state index contributed by atoms with van der Waals surface area (Å²) in [6.07, 6.45) is 1.46. The number of rotatable bonds is 4. The summed E-state index contributed by atoms with van der Waals surface area (Å²) in [6, 6.07) is 10.4. The first-order valence-electron chi connectivity index (χ1n) is 3.57. The van der Waals surface area contributed by atoms with Gasteiger partial charge < -0.3 is 10.1 Å². The second kappa shape index (κ2) is 4.50. The molecule has 0 atom stereocenters. The monoisotopic (exact) mass is 148 g/mol. The topological polar surface area (TPSA) is 29.1 Å². The number of carbonyl (C=O) groups is 1. The summed E-state index contributed by atoms with van der Waals surface area (Å²) >= 11 is 0. The number of benzene rings is 1. The maximum absolute atomic E-state index is 9.95. The zero-order valence-corrected chi connectivity index (χ0v) is 6.21. The number of nitrogens with one attached hydrogen (secondary N) is 1. The van der Waals surface area contributed by atoms with Crippen molar-refractivity contribution in [3.63, 3.8) is 0 Å². The molecule has 0 fully saturated rings. The van der Waals surface area contributed by atoms with E-state index in [9.17, 15) is 4.79 Å². The minimum Gasteiger partial charge on any atom is -0.385 e. The van der Waals surface area contributed by atoms with Crippen LogP contribution in [0.5, 0.6) is 0 Å². The van der Waals surface area contributed by atoms with Crippen molar-refractivity contribution in [1.82, 2.24) is 0 Å². The van der Waals surface area contributed by atoms with Gasteiger partial charge in [0.25, 0.3) is 0 Å². The van der Waals surface area contributed by atoms with Gasteiger partial charge in [-0.1, -0.05) is 12.1 Å². The van der Waals surface area contributed by atoms with E-state index < -0.39 is 0 Å². The molecule has 1 N–H and O–H groups in total. The van der Waals surface area contributed by atoms with Crippen LogP contribution in [0.4, 0.5) is 5.69 Å². The fourth-order valence-corrected chi connectivity index (χ4v) is 0.780. The molecule has 0 amide bonds. The molecular formula is C9H10NO. The highest BCUT2D eigenvalue weighted by Gasteiger charge is 1.86. The van der Waals surface area contributed by atoms with Crippen LogP contribution in [0, 0.1) is 6.07 Å². The van der Waals surface area contributed by atoms with Gasteiger partial charge in [-0.15, -0.1) is 0 Å². The van der Waals surface area contributed by atoms with Crippen LogP contribution in [0.3, 0.4) is 0 Å². The van der Waals surface area contributed by atoms with Crippen LogP contribution in [0.1, 0.15) is 6.42 Å². The Morgan fingerprint density at radius 2 is 2.18 bits per heavy atom. The molecule has 1 aromatic rings. The molecule has 0 bridgehead atoms. The van der Waals surface area contributed by atoms with Crippen molar-refractivity contribution in [1.29, 1.82) is 0 Å². The second-order valence-corrected chi connectivity index (χ2v) is 2.17. The molecule has 0 aliphatic heterocycles. The fraction of sp³-hybridized carbons (Fsp3) is 0.222. The summed E-state index contributed by atoms with van der Waals surface area (Å²) in [7, 11) is 0. The lowest BCUT2D eigenvalue weighted by Gasteiger charge is -2.01. The Morgan fingerprint density at radius 3 is 2.82 bits per heavy atom. The van der Waals surface area contributed by atoms with E-state index >= 15 is 0 Å². The van der Waals surface area contributed by atoms with Gasteiger partial charge in [-0.25, -0.2) is 0 Å². The second-order valence-electron chi connectivity index (χ2n) is 2.17. The van der Waals surface area contributed by atoms with Crippen molar-refractivity contribution in [2.24, 2.45) is 0 Å². The highest BCUT2D eigenvalue weighted by molar-refractivity contribution is 5.51. The quantitative estimate of drug-likeness (QED) is 0.517. The van der Waals surface area contributed by atoms with Gasteiger partial charge in [0.15, 0.2) is 0 Å². The lowest BCUT2D eigenvalue weighted by Crippen LogP contribution is -2.00. The first kappa shape index (κ1) is 7.79. The van der Waals surface area contributed by atoms with Crippen molar-refractivity contribution in [3.05, 3.63) is 30.3 Å². The van der Waals surface area contributed by atoms with Gasteiger partial charge in [-0.2, -0.15) is 0 Å². The number of hydrogen-bond donors (Lipinski definition) is 1. The predicted octanol–water partition coefficient (Wildman–Crippen LogP) is 1.49. The Bertz CT molecular complexity index is 208. The van der Waals surface area contributed by atoms with Crippen LogP contribution >= 0.6 is 0 Å². The van der Waals surface area contributed by atoms with Crippen molar-refractivity contribution < 1.29 is 4.79 Å². The summed E-state index contributed by atoms with van der Waals surface area (Å²) < 4.78 is 0. The Hall–Kier alpha value is -1.31. The smallest absolute Gasteiger partial charge is 0.121 e. The van der Waals surface area contributed by atoms with Gasteiger partial charge in [0.1, 0.15) is 6.29 Å². The summed E-state index contributed by atoms with van der Waals surface area (Å²) in [4.78, 5) is 9.95. The van der Waals surface area contributed by atoms with Gasteiger partial charge >= 0.3 is 0 Å². The highest BCUT2D eigenvalue weighted by Crippen LogP contribution is 2.03. The van der Waals surface area contributed by atoms with Crippen LogP contribution < -0.4 is 5.32 Å². The molecule has 0 spiro atoms. The Labute approximate surface area is 66.2 Å². The lowest BCUT2D eigenvalue weighted by molar-refractivity contribution is -0.107. The molecule has 0 saturated carbocycles. The predicted molar refractivity (Wildman–Crippen MR) is 44.4 cm³/mol. The first-order chi connectivity index (χ1) is 5.43. The van der Waals surface area contributed by atoms with E-state index in [0.717, 1.165) is 12.0 Å². The number of carbonyl (C=O) groups excluding carboxylic acids is 1. The fourth-order valence-electron chi connectivity index (χ4n) is 0.780. The van der Waals surface area contributed by atoms with Crippen molar-refractivity contribution >= 4 is 12.0 Å².